The van der Waals surface area contributed by atoms with Crippen molar-refractivity contribution in [1.29, 1.82) is 0 Å². The molecule has 37 heavy (non-hydrogen) atoms. The van der Waals surface area contributed by atoms with Gasteiger partial charge in [-0.2, -0.15) is 5.10 Å². The highest BCUT2D eigenvalue weighted by Gasteiger charge is 2.64. The van der Waals surface area contributed by atoms with Gasteiger partial charge in [0.1, 0.15) is 11.3 Å². The molecule has 0 aromatic heterocycles. The molecule has 0 radical (unpaired) electrons. The number of hydrogen-bond donors (Lipinski definition) is 5. The fourth-order valence-electron chi connectivity index (χ4n) is 8.38. The third-order valence-corrected chi connectivity index (χ3v) is 10.6. The Morgan fingerprint density at radius 2 is 1.81 bits per heavy atom. The number of aliphatic hydroxyl groups is 2. The van der Waals surface area contributed by atoms with Gasteiger partial charge in [-0.3, -0.25) is 15.8 Å². The predicted octanol–water partition coefficient (Wildman–Crippen LogP) is 4.92. The van der Waals surface area contributed by atoms with Crippen LogP contribution in [0.25, 0.3) is 0 Å². The molecule has 3 fully saturated rings. The molecule has 0 amide bonds. The van der Waals surface area contributed by atoms with Gasteiger partial charge >= 0.3 is 0 Å². The number of hydrogen-bond acceptors (Lipinski definition) is 10. The van der Waals surface area contributed by atoms with E-state index in [1.165, 1.54) is 17.7 Å². The average Bonchev–Trinajstić information content (AvgIpc) is 3.14. The van der Waals surface area contributed by atoms with E-state index in [1.807, 2.05) is 0 Å². The second-order valence-electron chi connectivity index (χ2n) is 12.1. The number of anilines is 3. The highest BCUT2D eigenvalue weighted by atomic mass is 16.8. The molecule has 1 aromatic rings. The molecule has 3 saturated carbocycles. The number of nitrogens with zero attached hydrogens (tertiary/aromatic N) is 3. The Hall–Kier alpha value is -2.21. The first-order valence-electron chi connectivity index (χ1n) is 13.3. The van der Waals surface area contributed by atoms with Crippen molar-refractivity contribution in [3.05, 3.63) is 40.3 Å². The van der Waals surface area contributed by atoms with Crippen LogP contribution in [0.4, 0.5) is 17.1 Å². The first-order chi connectivity index (χ1) is 17.4. The molecule has 4 aliphatic rings. The lowest BCUT2D eigenvalue weighted by molar-refractivity contribution is -0.0928. The van der Waals surface area contributed by atoms with Crippen molar-refractivity contribution >= 4 is 22.8 Å². The zero-order valence-electron chi connectivity index (χ0n) is 21.7. The smallest absolute Gasteiger partial charge is 0.121 e. The standard InChI is InChI=1S/C27H38N4O6/c1-16(28-29-23-7-5-18(30(34)35)15-24(23)31(36)37)27(33)13-10-22-20-6-4-17-14-19(32)8-11-25(17,2)21(20)9-12-26(22,27)3/h4-5,7,15,19-22,29,32-33,36-37H,6,8-14H2,1-3H3/q-2. The van der Waals surface area contributed by atoms with Crippen molar-refractivity contribution in [1.82, 2.24) is 0 Å². The third-order valence-electron chi connectivity index (χ3n) is 10.6. The Morgan fingerprint density at radius 3 is 2.51 bits per heavy atom. The summed E-state index contributed by atoms with van der Waals surface area (Å²) < 4.78 is 0. The normalized spacial score (nSPS) is 39.3. The van der Waals surface area contributed by atoms with Crippen LogP contribution < -0.4 is 15.9 Å². The molecule has 10 nitrogen and oxygen atoms in total. The molecule has 5 rings (SSSR count). The van der Waals surface area contributed by atoms with Gasteiger partial charge < -0.3 is 25.9 Å². The van der Waals surface area contributed by atoms with E-state index in [1.54, 1.807) is 6.92 Å². The summed E-state index contributed by atoms with van der Waals surface area (Å²) in [6.45, 7) is 6.36. The molecule has 0 aliphatic heterocycles. The molecule has 0 bridgehead atoms. The van der Waals surface area contributed by atoms with E-state index in [0.29, 0.717) is 29.9 Å². The SMILES string of the molecule is CC(=NNc1ccc(N([O-])[O-])cc1N(O)O)C1(O)CCC2C3CC=C4CC(O)CCC4(C)C3CCC21C. The van der Waals surface area contributed by atoms with E-state index < -0.39 is 10.8 Å². The van der Waals surface area contributed by atoms with E-state index in [0.717, 1.165) is 51.0 Å². The van der Waals surface area contributed by atoms with Gasteiger partial charge in [0.25, 0.3) is 0 Å². The van der Waals surface area contributed by atoms with Crippen LogP contribution >= 0.6 is 0 Å². The van der Waals surface area contributed by atoms with Gasteiger partial charge in [-0.25, -0.2) is 0 Å². The van der Waals surface area contributed by atoms with Crippen molar-refractivity contribution in [3.63, 3.8) is 0 Å². The number of nitrogens with one attached hydrogen (secondary N) is 1. The van der Waals surface area contributed by atoms with Gasteiger partial charge in [0.15, 0.2) is 0 Å². The number of fused-ring (bicyclic) bond motifs is 5. The molecule has 10 heteroatoms. The quantitative estimate of drug-likeness (QED) is 0.209. The van der Waals surface area contributed by atoms with Crippen LogP contribution in [0.1, 0.15) is 72.1 Å². The third kappa shape index (κ3) is 4.05. The zero-order chi connectivity index (χ0) is 26.8. The number of allylic oxidation sites excluding steroid dienone is 1. The van der Waals surface area contributed by atoms with Crippen molar-refractivity contribution in [2.75, 3.05) is 15.9 Å². The molecular weight excluding hydrogens is 476 g/mol. The van der Waals surface area contributed by atoms with Crippen molar-refractivity contribution in [2.24, 2.45) is 33.7 Å². The number of hydrazone groups is 1. The summed E-state index contributed by atoms with van der Waals surface area (Å²) in [7, 11) is 0. The first-order valence-corrected chi connectivity index (χ1v) is 13.3. The van der Waals surface area contributed by atoms with Gasteiger partial charge in [-0.1, -0.05) is 25.5 Å². The van der Waals surface area contributed by atoms with Gasteiger partial charge in [0, 0.05) is 11.1 Å². The maximum atomic E-state index is 12.1. The fourth-order valence-corrected chi connectivity index (χ4v) is 8.38. The Kier molecular flexibility index (Phi) is 6.57. The predicted molar refractivity (Wildman–Crippen MR) is 141 cm³/mol. The number of aliphatic hydroxyl groups excluding tert-OH is 1. The lowest BCUT2D eigenvalue weighted by Gasteiger charge is -2.59. The molecule has 0 heterocycles. The molecule has 0 saturated heterocycles. The summed E-state index contributed by atoms with van der Waals surface area (Å²) in [5.74, 6) is 1.39. The summed E-state index contributed by atoms with van der Waals surface area (Å²) in [6.07, 6.45) is 9.21. The van der Waals surface area contributed by atoms with Crippen LogP contribution in [0.3, 0.4) is 0 Å². The second-order valence-corrected chi connectivity index (χ2v) is 12.1. The summed E-state index contributed by atoms with van der Waals surface area (Å²) in [4.78, 5) is 0. The summed E-state index contributed by atoms with van der Waals surface area (Å²) in [5, 5.41) is 67.3. The lowest BCUT2D eigenvalue weighted by atomic mass is 9.46. The molecule has 204 valence electrons. The monoisotopic (exact) mass is 514 g/mol. The van der Waals surface area contributed by atoms with Crippen molar-refractivity contribution in [2.45, 2.75) is 83.8 Å². The largest absolute Gasteiger partial charge is 0.769 e. The van der Waals surface area contributed by atoms with Gasteiger partial charge in [0.2, 0.25) is 0 Å². The van der Waals surface area contributed by atoms with Crippen LogP contribution in [0, 0.1) is 39.0 Å². The average molecular weight is 515 g/mol. The number of benzene rings is 1. The van der Waals surface area contributed by atoms with E-state index in [9.17, 15) is 31.0 Å². The zero-order valence-corrected chi connectivity index (χ0v) is 21.7. The van der Waals surface area contributed by atoms with Crippen LogP contribution in [0.2, 0.25) is 0 Å². The molecule has 4 aliphatic carbocycles. The second kappa shape index (κ2) is 9.21. The Labute approximate surface area is 217 Å². The maximum absolute atomic E-state index is 12.1. The van der Waals surface area contributed by atoms with Gasteiger partial charge in [-0.15, -0.1) is 5.23 Å². The lowest BCUT2D eigenvalue weighted by Crippen LogP contribution is -2.57. The van der Waals surface area contributed by atoms with E-state index in [-0.39, 0.29) is 39.2 Å². The molecule has 1 aromatic carbocycles. The van der Waals surface area contributed by atoms with Crippen LogP contribution in [-0.2, 0) is 0 Å². The Balaban J connectivity index is 1.39. The van der Waals surface area contributed by atoms with Crippen molar-refractivity contribution < 1.29 is 20.6 Å². The minimum Gasteiger partial charge on any atom is -0.769 e. The maximum Gasteiger partial charge on any atom is 0.121 e. The minimum atomic E-state index is -1.12. The summed E-state index contributed by atoms with van der Waals surface area (Å²) in [5.41, 5.74) is 3.04. The highest BCUT2D eigenvalue weighted by Crippen LogP contribution is 2.67. The molecule has 5 N–H and O–H groups in total. The minimum absolute atomic E-state index is 0.127. The van der Waals surface area contributed by atoms with E-state index in [2.05, 4.69) is 30.5 Å². The van der Waals surface area contributed by atoms with E-state index in [4.69, 9.17) is 0 Å². The van der Waals surface area contributed by atoms with Crippen LogP contribution in [0.5, 0.6) is 0 Å². The Morgan fingerprint density at radius 1 is 1.08 bits per heavy atom. The molecular formula is C27H38N4O6-2. The topological polar surface area (TPSA) is 158 Å². The summed E-state index contributed by atoms with van der Waals surface area (Å²) >= 11 is 0. The fraction of sp³-hybridized carbons (Fsp3) is 0.667. The number of rotatable bonds is 5. The molecule has 7 atom stereocenters. The Bertz CT molecular complexity index is 1110. The summed E-state index contributed by atoms with van der Waals surface area (Å²) in [6, 6.07) is 3.64. The van der Waals surface area contributed by atoms with Crippen LogP contribution in [-0.4, -0.2) is 38.0 Å². The van der Waals surface area contributed by atoms with Gasteiger partial charge in [-0.05, 0) is 99.7 Å². The van der Waals surface area contributed by atoms with Crippen molar-refractivity contribution in [3.8, 4) is 0 Å². The first kappa shape index (κ1) is 26.4. The van der Waals surface area contributed by atoms with E-state index >= 15 is 0 Å². The van der Waals surface area contributed by atoms with Crippen LogP contribution in [0.15, 0.2) is 34.9 Å². The van der Waals surface area contributed by atoms with Gasteiger partial charge in [0.05, 0.1) is 17.5 Å². The highest BCUT2D eigenvalue weighted by molar-refractivity contribution is 5.92. The molecule has 0 spiro atoms. The molecule has 7 unspecified atom stereocenters.